The third-order valence-corrected chi connectivity index (χ3v) is 5.62. The molecule has 2 amide bonds. The van der Waals surface area contributed by atoms with Crippen molar-refractivity contribution in [2.45, 2.75) is 24.4 Å². The third kappa shape index (κ3) is 3.17. The number of fused-ring (bicyclic) bond motifs is 1. The fraction of sp³-hybridized carbons (Fsp3) is 0.190. The lowest BCUT2D eigenvalue weighted by Crippen LogP contribution is -2.46. The van der Waals surface area contributed by atoms with Crippen LogP contribution in [-0.2, 0) is 6.54 Å². The Hall–Kier alpha value is -2.86. The number of para-hydroxylation sites is 1. The number of nitrogens with zero attached hydrogens (tertiary/aromatic N) is 4. The second kappa shape index (κ2) is 7.40. The van der Waals surface area contributed by atoms with E-state index < -0.39 is 0 Å². The zero-order valence-corrected chi connectivity index (χ0v) is 16.1. The van der Waals surface area contributed by atoms with Crippen molar-refractivity contribution in [3.63, 3.8) is 0 Å². The molecule has 0 bridgehead atoms. The number of thioether (sulfide) groups is 1. The Labute approximate surface area is 163 Å². The molecule has 0 saturated heterocycles. The van der Waals surface area contributed by atoms with Crippen molar-refractivity contribution in [2.75, 3.05) is 11.2 Å². The van der Waals surface area contributed by atoms with Crippen molar-refractivity contribution < 1.29 is 4.79 Å². The van der Waals surface area contributed by atoms with Crippen molar-refractivity contribution in [1.82, 2.24) is 14.9 Å². The molecule has 0 fully saturated rings. The summed E-state index contributed by atoms with van der Waals surface area (Å²) < 4.78 is 0. The van der Waals surface area contributed by atoms with E-state index in [-0.39, 0.29) is 12.1 Å². The Morgan fingerprint density at radius 1 is 1.04 bits per heavy atom. The summed E-state index contributed by atoms with van der Waals surface area (Å²) >= 11 is 1.62. The minimum absolute atomic E-state index is 0.0630. The second-order valence-electron chi connectivity index (χ2n) is 6.36. The molecule has 0 spiro atoms. The maximum Gasteiger partial charge on any atom is 0.331 e. The van der Waals surface area contributed by atoms with Gasteiger partial charge in [0.1, 0.15) is 5.82 Å². The highest BCUT2D eigenvalue weighted by Gasteiger charge is 2.36. The predicted molar refractivity (Wildman–Crippen MR) is 108 cm³/mol. The molecule has 0 aliphatic carbocycles. The monoisotopic (exact) mass is 376 g/mol. The van der Waals surface area contributed by atoms with Gasteiger partial charge < -0.3 is 4.90 Å². The Bertz CT molecular complexity index is 963. The van der Waals surface area contributed by atoms with E-state index in [0.717, 1.165) is 21.7 Å². The standard InChI is InChI=1S/C21H20N4OS/c1-15(16-9-12-22-13-10-16)24-14-17-6-5-11-23-20(17)25(21(24)26)18-7-3-4-8-19(18)27-2/h3-13,15H,14H2,1-2H3. The minimum atomic E-state index is -0.0715. The highest BCUT2D eigenvalue weighted by atomic mass is 32.2. The first-order valence-corrected chi connectivity index (χ1v) is 10.0. The number of aromatic nitrogens is 2. The second-order valence-corrected chi connectivity index (χ2v) is 7.21. The number of urea groups is 1. The average molecular weight is 376 g/mol. The molecule has 6 heteroatoms. The lowest BCUT2D eigenvalue weighted by Gasteiger charge is -2.39. The SMILES string of the molecule is CSc1ccccc1N1C(=O)N(C(C)c2ccncc2)Cc2cccnc21. The molecule has 3 aromatic rings. The Morgan fingerprint density at radius 3 is 2.59 bits per heavy atom. The molecule has 136 valence electrons. The first kappa shape index (κ1) is 17.5. The average Bonchev–Trinajstić information content (AvgIpc) is 2.73. The molecular formula is C21H20N4OS. The van der Waals surface area contributed by atoms with Gasteiger partial charge in [0, 0.05) is 29.0 Å². The molecule has 0 saturated carbocycles. The summed E-state index contributed by atoms with van der Waals surface area (Å²) in [5.74, 6) is 0.710. The summed E-state index contributed by atoms with van der Waals surface area (Å²) in [7, 11) is 0. The summed E-state index contributed by atoms with van der Waals surface area (Å²) in [6.45, 7) is 2.58. The third-order valence-electron chi connectivity index (χ3n) is 4.84. The molecule has 27 heavy (non-hydrogen) atoms. The van der Waals surface area contributed by atoms with Gasteiger partial charge in [-0.15, -0.1) is 11.8 Å². The molecule has 0 radical (unpaired) electrons. The van der Waals surface area contributed by atoms with Crippen LogP contribution >= 0.6 is 11.8 Å². The molecule has 3 heterocycles. The molecule has 2 aromatic heterocycles. The number of hydrogen-bond acceptors (Lipinski definition) is 4. The Morgan fingerprint density at radius 2 is 1.81 bits per heavy atom. The normalized spacial score (nSPS) is 14.8. The molecule has 1 atom stereocenters. The Kier molecular flexibility index (Phi) is 4.81. The van der Waals surface area contributed by atoms with E-state index in [4.69, 9.17) is 0 Å². The predicted octanol–water partition coefficient (Wildman–Crippen LogP) is 5.03. The number of amides is 2. The molecule has 1 aliphatic heterocycles. The zero-order valence-electron chi connectivity index (χ0n) is 15.2. The first-order valence-electron chi connectivity index (χ1n) is 8.78. The Balaban J connectivity index is 1.82. The summed E-state index contributed by atoms with van der Waals surface area (Å²) in [6.07, 6.45) is 7.28. The van der Waals surface area contributed by atoms with Gasteiger partial charge in [-0.25, -0.2) is 14.7 Å². The van der Waals surface area contributed by atoms with Gasteiger partial charge in [0.2, 0.25) is 0 Å². The number of carbonyl (C=O) groups is 1. The van der Waals surface area contributed by atoms with E-state index >= 15 is 0 Å². The number of carbonyl (C=O) groups excluding carboxylic acids is 1. The number of pyridine rings is 2. The zero-order chi connectivity index (χ0) is 18.8. The van der Waals surface area contributed by atoms with E-state index in [0.29, 0.717) is 12.4 Å². The van der Waals surface area contributed by atoms with Crippen LogP contribution in [0.15, 0.2) is 72.0 Å². The summed E-state index contributed by atoms with van der Waals surface area (Å²) in [6, 6.07) is 15.7. The van der Waals surface area contributed by atoms with Gasteiger partial charge in [0.25, 0.3) is 0 Å². The largest absolute Gasteiger partial charge is 0.331 e. The maximum absolute atomic E-state index is 13.6. The van der Waals surface area contributed by atoms with E-state index in [1.165, 1.54) is 0 Å². The lowest BCUT2D eigenvalue weighted by atomic mass is 10.1. The van der Waals surface area contributed by atoms with Gasteiger partial charge >= 0.3 is 6.03 Å². The molecule has 4 rings (SSSR count). The van der Waals surface area contributed by atoms with Crippen molar-refractivity contribution in [2.24, 2.45) is 0 Å². The lowest BCUT2D eigenvalue weighted by molar-refractivity contribution is 0.180. The van der Waals surface area contributed by atoms with E-state index in [2.05, 4.69) is 9.97 Å². The van der Waals surface area contributed by atoms with Gasteiger partial charge in [-0.2, -0.15) is 0 Å². The fourth-order valence-corrected chi connectivity index (χ4v) is 3.96. The number of hydrogen-bond donors (Lipinski definition) is 0. The van der Waals surface area contributed by atoms with E-state index in [1.807, 2.05) is 66.6 Å². The first-order chi connectivity index (χ1) is 13.2. The number of anilines is 2. The quantitative estimate of drug-likeness (QED) is 0.599. The summed E-state index contributed by atoms with van der Waals surface area (Å²) in [5.41, 5.74) is 2.96. The van der Waals surface area contributed by atoms with Crippen LogP contribution in [0.2, 0.25) is 0 Å². The van der Waals surface area contributed by atoms with Crippen molar-refractivity contribution in [3.8, 4) is 0 Å². The van der Waals surface area contributed by atoms with Crippen LogP contribution in [0, 0.1) is 0 Å². The fourth-order valence-electron chi connectivity index (χ4n) is 3.38. The van der Waals surface area contributed by atoms with Crippen LogP contribution in [0.4, 0.5) is 16.3 Å². The van der Waals surface area contributed by atoms with Gasteiger partial charge in [0.15, 0.2) is 0 Å². The summed E-state index contributed by atoms with van der Waals surface area (Å²) in [4.78, 5) is 26.8. The smallest absolute Gasteiger partial charge is 0.313 e. The van der Waals surface area contributed by atoms with Crippen molar-refractivity contribution in [1.29, 1.82) is 0 Å². The number of rotatable bonds is 4. The van der Waals surface area contributed by atoms with Crippen LogP contribution in [0.5, 0.6) is 0 Å². The van der Waals surface area contributed by atoms with Gasteiger partial charge in [0.05, 0.1) is 18.3 Å². The molecule has 1 aliphatic rings. The highest BCUT2D eigenvalue weighted by Crippen LogP contribution is 2.40. The van der Waals surface area contributed by atoms with Crippen LogP contribution in [0.1, 0.15) is 24.1 Å². The van der Waals surface area contributed by atoms with Gasteiger partial charge in [-0.1, -0.05) is 18.2 Å². The number of benzene rings is 1. The maximum atomic E-state index is 13.6. The van der Waals surface area contributed by atoms with Gasteiger partial charge in [-0.05, 0) is 49.1 Å². The van der Waals surface area contributed by atoms with E-state index in [9.17, 15) is 4.79 Å². The topological polar surface area (TPSA) is 49.3 Å². The molecular weight excluding hydrogens is 356 g/mol. The van der Waals surface area contributed by atoms with Crippen molar-refractivity contribution in [3.05, 3.63) is 78.2 Å². The minimum Gasteiger partial charge on any atom is -0.313 e. The van der Waals surface area contributed by atoms with Crippen molar-refractivity contribution >= 4 is 29.3 Å². The van der Waals surface area contributed by atoms with Crippen LogP contribution < -0.4 is 4.90 Å². The highest BCUT2D eigenvalue weighted by molar-refractivity contribution is 7.98. The van der Waals surface area contributed by atoms with Gasteiger partial charge in [-0.3, -0.25) is 4.98 Å². The molecule has 1 aromatic carbocycles. The van der Waals surface area contributed by atoms with Crippen LogP contribution in [0.25, 0.3) is 0 Å². The molecule has 0 N–H and O–H groups in total. The van der Waals surface area contributed by atoms with Crippen LogP contribution in [0.3, 0.4) is 0 Å². The van der Waals surface area contributed by atoms with Crippen LogP contribution in [-0.4, -0.2) is 27.2 Å². The molecule has 5 nitrogen and oxygen atoms in total. The summed E-state index contributed by atoms with van der Waals surface area (Å²) in [5, 5.41) is 0. The van der Waals surface area contributed by atoms with E-state index in [1.54, 1.807) is 35.3 Å². The molecule has 1 unspecified atom stereocenters.